The molecule has 1 unspecified atom stereocenters. The van der Waals surface area contributed by atoms with Crippen molar-refractivity contribution < 1.29 is 0 Å². The fraction of sp³-hybridized carbons (Fsp3) is 0.0323. The van der Waals surface area contributed by atoms with Crippen LogP contribution in [0.25, 0.3) is 33.4 Å². The Balaban J connectivity index is 1.64. The van der Waals surface area contributed by atoms with E-state index < -0.39 is 0 Å². The lowest BCUT2D eigenvalue weighted by Gasteiger charge is -2.30. The molecule has 0 nitrogen and oxygen atoms in total. The van der Waals surface area contributed by atoms with Crippen molar-refractivity contribution in [2.24, 2.45) is 0 Å². The zero-order valence-corrected chi connectivity index (χ0v) is 18.9. The molecule has 0 heterocycles. The van der Waals surface area contributed by atoms with Crippen LogP contribution in [0.5, 0.6) is 0 Å². The zero-order chi connectivity index (χ0) is 21.3. The first-order chi connectivity index (χ1) is 15.8. The second-order valence-electron chi connectivity index (χ2n) is 8.66. The summed E-state index contributed by atoms with van der Waals surface area (Å²) in [7, 11) is 0. The molecule has 2 aliphatic rings. The smallest absolute Gasteiger partial charge is 0.0622 e. The van der Waals surface area contributed by atoms with Gasteiger partial charge in [-0.2, -0.15) is 0 Å². The van der Waals surface area contributed by atoms with E-state index in [9.17, 15) is 0 Å². The van der Waals surface area contributed by atoms with Crippen LogP contribution in [0.1, 0.15) is 22.3 Å². The Kier molecular flexibility index (Phi) is 3.72. The number of hydrogen-bond acceptors (Lipinski definition) is 0. The van der Waals surface area contributed by atoms with E-state index in [0.29, 0.717) is 0 Å². The molecule has 0 aromatic heterocycles. The summed E-state index contributed by atoms with van der Waals surface area (Å²) >= 11 is 3.72. The van der Waals surface area contributed by atoms with Crippen molar-refractivity contribution in [3.63, 3.8) is 0 Å². The minimum atomic E-state index is -0.288. The van der Waals surface area contributed by atoms with Gasteiger partial charge in [-0.05, 0) is 73.8 Å². The predicted octanol–water partition coefficient (Wildman–Crippen LogP) is 8.46. The molecule has 0 saturated carbocycles. The lowest BCUT2D eigenvalue weighted by molar-refractivity contribution is 0.794. The quantitative estimate of drug-likeness (QED) is 0.225. The highest BCUT2D eigenvalue weighted by Crippen LogP contribution is 2.63. The first-order valence-electron chi connectivity index (χ1n) is 11.0. The van der Waals surface area contributed by atoms with Crippen LogP contribution in [0.2, 0.25) is 0 Å². The van der Waals surface area contributed by atoms with Crippen LogP contribution in [-0.4, -0.2) is 0 Å². The molecular weight excluding hydrogens is 452 g/mol. The Bertz CT molecular complexity index is 1530. The highest BCUT2D eigenvalue weighted by Gasteiger charge is 2.51. The molecule has 1 atom stereocenters. The minimum Gasteiger partial charge on any atom is -0.0622 e. The lowest BCUT2D eigenvalue weighted by Crippen LogP contribution is -2.25. The summed E-state index contributed by atoms with van der Waals surface area (Å²) in [5.41, 5.74) is 13.1. The molecular formula is C31H19Br. The number of benzene rings is 5. The maximum absolute atomic E-state index is 3.72. The standard InChI is InChI=1S/C31H19Br/c32-22-15-17-29-26(19-22)24-11-5-7-13-28(24)31(29)27-12-6-4-10-23(27)25-16-14-21(18-30(25)31)20-8-2-1-3-9-20/h1-19H. The Morgan fingerprint density at radius 1 is 0.406 bits per heavy atom. The summed E-state index contributed by atoms with van der Waals surface area (Å²) in [6.07, 6.45) is 0. The third kappa shape index (κ3) is 2.22. The molecule has 1 spiro atoms. The molecule has 0 radical (unpaired) electrons. The van der Waals surface area contributed by atoms with E-state index in [1.54, 1.807) is 0 Å². The molecule has 0 aliphatic heterocycles. The van der Waals surface area contributed by atoms with Gasteiger partial charge < -0.3 is 0 Å². The van der Waals surface area contributed by atoms with Gasteiger partial charge in [-0.1, -0.05) is 113 Å². The highest BCUT2D eigenvalue weighted by atomic mass is 79.9. The van der Waals surface area contributed by atoms with E-state index in [1.165, 1.54) is 55.6 Å². The van der Waals surface area contributed by atoms with Crippen LogP contribution in [-0.2, 0) is 5.41 Å². The molecule has 7 rings (SSSR count). The monoisotopic (exact) mass is 470 g/mol. The Labute approximate surface area is 196 Å². The van der Waals surface area contributed by atoms with Crippen molar-refractivity contribution in [1.82, 2.24) is 0 Å². The van der Waals surface area contributed by atoms with E-state index in [0.717, 1.165) is 4.47 Å². The third-order valence-electron chi connectivity index (χ3n) is 7.16. The Hall–Kier alpha value is -3.42. The van der Waals surface area contributed by atoms with Crippen molar-refractivity contribution in [2.45, 2.75) is 5.41 Å². The second kappa shape index (κ2) is 6.54. The Morgan fingerprint density at radius 2 is 1.00 bits per heavy atom. The molecule has 32 heavy (non-hydrogen) atoms. The molecule has 5 aromatic rings. The molecule has 0 bridgehead atoms. The molecule has 0 amide bonds. The lowest BCUT2D eigenvalue weighted by atomic mass is 9.70. The van der Waals surface area contributed by atoms with E-state index in [-0.39, 0.29) is 5.41 Å². The van der Waals surface area contributed by atoms with Gasteiger partial charge in [-0.3, -0.25) is 0 Å². The first kappa shape index (κ1) is 18.2. The van der Waals surface area contributed by atoms with Crippen LogP contribution < -0.4 is 0 Å². The number of rotatable bonds is 1. The predicted molar refractivity (Wildman–Crippen MR) is 136 cm³/mol. The molecule has 0 saturated heterocycles. The molecule has 150 valence electrons. The molecule has 0 N–H and O–H groups in total. The summed E-state index contributed by atoms with van der Waals surface area (Å²) in [5, 5.41) is 0. The van der Waals surface area contributed by atoms with Gasteiger partial charge in [0.25, 0.3) is 0 Å². The summed E-state index contributed by atoms with van der Waals surface area (Å²) in [5.74, 6) is 0. The molecule has 5 aromatic carbocycles. The SMILES string of the molecule is Brc1ccc2c(c1)-c1ccccc1C21c2ccccc2-c2ccc(-c3ccccc3)cc21. The fourth-order valence-corrected chi connectivity index (χ4v) is 6.29. The van der Waals surface area contributed by atoms with Crippen LogP contribution in [0.15, 0.2) is 120 Å². The molecule has 0 fully saturated rings. The minimum absolute atomic E-state index is 0.288. The first-order valence-corrected chi connectivity index (χ1v) is 11.8. The molecule has 1 heteroatoms. The zero-order valence-electron chi connectivity index (χ0n) is 17.3. The van der Waals surface area contributed by atoms with E-state index >= 15 is 0 Å². The van der Waals surface area contributed by atoms with Crippen LogP contribution in [0, 0.1) is 0 Å². The molecule has 2 aliphatic carbocycles. The summed E-state index contributed by atoms with van der Waals surface area (Å²) < 4.78 is 1.12. The maximum Gasteiger partial charge on any atom is 0.0725 e. The van der Waals surface area contributed by atoms with Gasteiger partial charge in [0.2, 0.25) is 0 Å². The van der Waals surface area contributed by atoms with Gasteiger partial charge in [-0.25, -0.2) is 0 Å². The van der Waals surface area contributed by atoms with Crippen molar-refractivity contribution in [3.05, 3.63) is 142 Å². The van der Waals surface area contributed by atoms with E-state index in [1.807, 2.05) is 0 Å². The number of halogens is 1. The number of hydrogen-bond donors (Lipinski definition) is 0. The van der Waals surface area contributed by atoms with Gasteiger partial charge >= 0.3 is 0 Å². The van der Waals surface area contributed by atoms with Gasteiger partial charge in [0, 0.05) is 4.47 Å². The largest absolute Gasteiger partial charge is 0.0725 e. The summed E-state index contributed by atoms with van der Waals surface area (Å²) in [4.78, 5) is 0. The normalized spacial score (nSPS) is 17.0. The Morgan fingerprint density at radius 3 is 1.75 bits per heavy atom. The van der Waals surface area contributed by atoms with Gasteiger partial charge in [-0.15, -0.1) is 0 Å². The van der Waals surface area contributed by atoms with Crippen LogP contribution in [0.4, 0.5) is 0 Å². The summed E-state index contributed by atoms with van der Waals surface area (Å²) in [6.45, 7) is 0. The number of fused-ring (bicyclic) bond motifs is 10. The maximum atomic E-state index is 3.72. The van der Waals surface area contributed by atoms with Crippen molar-refractivity contribution in [3.8, 4) is 33.4 Å². The second-order valence-corrected chi connectivity index (χ2v) is 9.57. The van der Waals surface area contributed by atoms with Gasteiger partial charge in [0.1, 0.15) is 0 Å². The fourth-order valence-electron chi connectivity index (χ4n) is 5.93. The highest BCUT2D eigenvalue weighted by molar-refractivity contribution is 9.10. The average molecular weight is 471 g/mol. The topological polar surface area (TPSA) is 0 Å². The van der Waals surface area contributed by atoms with Crippen molar-refractivity contribution >= 4 is 15.9 Å². The van der Waals surface area contributed by atoms with Gasteiger partial charge in [0.15, 0.2) is 0 Å². The van der Waals surface area contributed by atoms with Crippen LogP contribution >= 0.6 is 15.9 Å². The van der Waals surface area contributed by atoms with Gasteiger partial charge in [0.05, 0.1) is 5.41 Å². The van der Waals surface area contributed by atoms with Crippen molar-refractivity contribution in [2.75, 3.05) is 0 Å². The van der Waals surface area contributed by atoms with E-state index in [2.05, 4.69) is 131 Å². The third-order valence-corrected chi connectivity index (χ3v) is 7.65. The van der Waals surface area contributed by atoms with Crippen LogP contribution in [0.3, 0.4) is 0 Å². The van der Waals surface area contributed by atoms with Crippen molar-refractivity contribution in [1.29, 1.82) is 0 Å². The average Bonchev–Trinajstić information content (AvgIpc) is 3.31. The summed E-state index contributed by atoms with van der Waals surface area (Å²) in [6, 6.07) is 42.4. The van der Waals surface area contributed by atoms with E-state index in [4.69, 9.17) is 0 Å².